The highest BCUT2D eigenvalue weighted by molar-refractivity contribution is 8.05. The van der Waals surface area contributed by atoms with Gasteiger partial charge >= 0.3 is 6.09 Å². The maximum absolute atomic E-state index is 12.7. The van der Waals surface area contributed by atoms with Crippen LogP contribution in [0.3, 0.4) is 0 Å². The third-order valence-corrected chi connectivity index (χ3v) is 5.89. The van der Waals surface area contributed by atoms with Crippen molar-refractivity contribution in [2.45, 2.75) is 45.5 Å². The highest BCUT2D eigenvalue weighted by atomic mass is 32.2. The molecule has 0 spiro atoms. The topological polar surface area (TPSA) is 111 Å². The van der Waals surface area contributed by atoms with Gasteiger partial charge in [-0.3, -0.25) is 4.90 Å². The number of oxime groups is 1. The first-order valence-corrected chi connectivity index (χ1v) is 10.6. The highest BCUT2D eigenvalue weighted by Crippen LogP contribution is 2.29. The molecule has 3 rings (SSSR count). The van der Waals surface area contributed by atoms with Crippen LogP contribution in [0.2, 0.25) is 0 Å². The van der Waals surface area contributed by atoms with Gasteiger partial charge in [-0.1, -0.05) is 10.3 Å². The molecule has 0 N–H and O–H groups in total. The lowest BCUT2D eigenvalue weighted by atomic mass is 10.1. The van der Waals surface area contributed by atoms with E-state index in [4.69, 9.17) is 14.1 Å². The van der Waals surface area contributed by atoms with Crippen molar-refractivity contribution in [3.63, 3.8) is 0 Å². The van der Waals surface area contributed by atoms with Crippen molar-refractivity contribution < 1.29 is 27.3 Å². The zero-order valence-corrected chi connectivity index (χ0v) is 17.1. The summed E-state index contributed by atoms with van der Waals surface area (Å²) in [6.45, 7) is 7.74. The van der Waals surface area contributed by atoms with Gasteiger partial charge < -0.3 is 14.1 Å². The predicted octanol–water partition coefficient (Wildman–Crippen LogP) is 3.24. The summed E-state index contributed by atoms with van der Waals surface area (Å²) in [6.07, 6.45) is -0.280. The lowest BCUT2D eigenvalue weighted by Crippen LogP contribution is -2.31. The van der Waals surface area contributed by atoms with Crippen molar-refractivity contribution in [1.82, 2.24) is 5.16 Å². The average Bonchev–Trinajstić information content (AvgIpc) is 3.19. The largest absolute Gasteiger partial charge is 0.449 e. The van der Waals surface area contributed by atoms with Gasteiger partial charge in [-0.05, 0) is 45.9 Å². The van der Waals surface area contributed by atoms with Crippen LogP contribution >= 0.6 is 0 Å². The van der Waals surface area contributed by atoms with Gasteiger partial charge in [-0.15, -0.1) is 0 Å². The molecular weight excluding hydrogens is 386 g/mol. The molecule has 0 saturated heterocycles. The van der Waals surface area contributed by atoms with Crippen molar-refractivity contribution in [2.75, 3.05) is 18.1 Å². The number of nitrogens with zero attached hydrogens (tertiary/aromatic N) is 3. The van der Waals surface area contributed by atoms with Gasteiger partial charge in [-0.25, -0.2) is 13.2 Å². The Bertz CT molecular complexity index is 1030. The molecule has 1 aliphatic heterocycles. The minimum atomic E-state index is -3.71. The minimum Gasteiger partial charge on any atom is -0.449 e. The Morgan fingerprint density at radius 3 is 2.68 bits per heavy atom. The van der Waals surface area contributed by atoms with E-state index in [-0.39, 0.29) is 29.5 Å². The lowest BCUT2D eigenvalue weighted by Gasteiger charge is -2.20. The molecule has 10 heteroatoms. The number of rotatable bonds is 5. The second-order valence-electron chi connectivity index (χ2n) is 7.02. The normalized spacial score (nSPS) is 15.9. The molecule has 9 nitrogen and oxygen atoms in total. The minimum absolute atomic E-state index is 0.00786. The molecule has 152 valence electrons. The Balaban J connectivity index is 1.92. The number of carbonyl (C=O) groups excluding carboxylic acids is 1. The van der Waals surface area contributed by atoms with Crippen LogP contribution in [0, 0.1) is 0 Å². The molecule has 2 heterocycles. The molecule has 1 aromatic heterocycles. The predicted molar refractivity (Wildman–Crippen MR) is 104 cm³/mol. The summed E-state index contributed by atoms with van der Waals surface area (Å²) in [5.41, 5.74) is 0.601. The monoisotopic (exact) mass is 409 g/mol. The first kappa shape index (κ1) is 20.1. The van der Waals surface area contributed by atoms with Gasteiger partial charge in [0.15, 0.2) is 10.6 Å². The highest BCUT2D eigenvalue weighted by Gasteiger charge is 2.36. The zero-order valence-electron chi connectivity index (χ0n) is 16.3. The van der Waals surface area contributed by atoms with E-state index in [9.17, 15) is 13.2 Å². The van der Waals surface area contributed by atoms with Gasteiger partial charge in [-0.2, -0.15) is 0 Å². The van der Waals surface area contributed by atoms with Crippen LogP contribution in [0.1, 0.15) is 39.8 Å². The fraction of sp³-hybridized carbons (Fsp3) is 0.500. The molecule has 0 fully saturated rings. The number of aromatic nitrogens is 1. The van der Waals surface area contributed by atoms with Crippen LogP contribution in [0.5, 0.6) is 0 Å². The maximum atomic E-state index is 12.7. The molecule has 1 aromatic carbocycles. The Kier molecular flexibility index (Phi) is 5.33. The van der Waals surface area contributed by atoms with Gasteiger partial charge in [0.1, 0.15) is 17.0 Å². The number of amides is 1. The summed E-state index contributed by atoms with van der Waals surface area (Å²) in [7, 11) is -3.71. The van der Waals surface area contributed by atoms with E-state index in [1.807, 2.05) is 6.92 Å². The molecule has 0 saturated carbocycles. The van der Waals surface area contributed by atoms with Gasteiger partial charge in [0.05, 0.1) is 6.61 Å². The SMILES string of the molecule is CCOC(=O)N(CC)c1ccc2onc(CS(=O)(=O)C3=NOC(C)(C)C3)c2c1. The summed E-state index contributed by atoms with van der Waals surface area (Å²) in [6, 6.07) is 5.02. The van der Waals surface area contributed by atoms with Crippen LogP contribution in [0.4, 0.5) is 10.5 Å². The first-order chi connectivity index (χ1) is 13.2. The van der Waals surface area contributed by atoms with Gasteiger partial charge in [0, 0.05) is 24.0 Å². The maximum Gasteiger partial charge on any atom is 0.414 e. The van der Waals surface area contributed by atoms with Crippen molar-refractivity contribution in [3.8, 4) is 0 Å². The average molecular weight is 409 g/mol. The van der Waals surface area contributed by atoms with E-state index in [1.165, 1.54) is 4.90 Å². The smallest absolute Gasteiger partial charge is 0.414 e. The number of anilines is 1. The Morgan fingerprint density at radius 2 is 2.07 bits per heavy atom. The van der Waals surface area contributed by atoms with Crippen LogP contribution in [0.15, 0.2) is 27.9 Å². The Morgan fingerprint density at radius 1 is 1.32 bits per heavy atom. The fourth-order valence-corrected chi connectivity index (χ4v) is 4.35. The van der Waals surface area contributed by atoms with E-state index in [0.717, 1.165) is 0 Å². The standard InChI is InChI=1S/C18H23N3O6S/c1-5-21(17(22)25-6-2)12-7-8-15-13(9-12)14(19-26-15)11-28(23,24)16-10-18(3,4)27-20-16/h7-9H,5-6,10-11H2,1-4H3. The van der Waals surface area contributed by atoms with Crippen LogP contribution in [0.25, 0.3) is 11.0 Å². The molecule has 0 atom stereocenters. The zero-order chi connectivity index (χ0) is 20.5. The summed E-state index contributed by atoms with van der Waals surface area (Å²) < 4.78 is 35.8. The van der Waals surface area contributed by atoms with Crippen molar-refractivity contribution in [3.05, 3.63) is 23.9 Å². The van der Waals surface area contributed by atoms with Gasteiger partial charge in [0.25, 0.3) is 0 Å². The number of hydrogen-bond acceptors (Lipinski definition) is 8. The number of benzene rings is 1. The summed E-state index contributed by atoms with van der Waals surface area (Å²) in [5.74, 6) is -0.368. The molecule has 1 aliphatic rings. The van der Waals surface area contributed by atoms with Crippen molar-refractivity contribution in [1.29, 1.82) is 0 Å². The molecule has 28 heavy (non-hydrogen) atoms. The number of carbonyl (C=O) groups is 1. The number of ether oxygens (including phenoxy) is 1. The molecule has 1 amide bonds. The summed E-state index contributed by atoms with van der Waals surface area (Å²) in [4.78, 5) is 18.8. The fourth-order valence-electron chi connectivity index (χ4n) is 2.90. The van der Waals surface area contributed by atoms with Crippen LogP contribution in [-0.4, -0.2) is 43.5 Å². The van der Waals surface area contributed by atoms with Crippen LogP contribution in [-0.2, 0) is 25.2 Å². The van der Waals surface area contributed by atoms with Gasteiger partial charge in [0.2, 0.25) is 9.84 Å². The summed E-state index contributed by atoms with van der Waals surface area (Å²) in [5, 5.41) is 8.14. The third kappa shape index (κ3) is 3.96. The van der Waals surface area contributed by atoms with E-state index >= 15 is 0 Å². The number of fused-ring (bicyclic) bond motifs is 1. The van der Waals surface area contributed by atoms with Crippen molar-refractivity contribution >= 4 is 37.6 Å². The Labute approximate surface area is 163 Å². The number of sulfone groups is 1. The Hall–Kier alpha value is -2.62. The quantitative estimate of drug-likeness (QED) is 0.745. The van der Waals surface area contributed by atoms with E-state index < -0.39 is 21.5 Å². The molecule has 2 aromatic rings. The second kappa shape index (κ2) is 7.42. The first-order valence-electron chi connectivity index (χ1n) is 8.97. The second-order valence-corrected chi connectivity index (χ2v) is 9.01. The molecular formula is C18H23N3O6S. The van der Waals surface area contributed by atoms with E-state index in [1.54, 1.807) is 39.0 Å². The lowest BCUT2D eigenvalue weighted by molar-refractivity contribution is 0.0123. The molecule has 0 radical (unpaired) electrons. The molecule has 0 aliphatic carbocycles. The van der Waals surface area contributed by atoms with Crippen LogP contribution < -0.4 is 4.90 Å². The summed E-state index contributed by atoms with van der Waals surface area (Å²) >= 11 is 0. The molecule has 0 bridgehead atoms. The molecule has 0 unspecified atom stereocenters. The van der Waals surface area contributed by atoms with Crippen molar-refractivity contribution in [2.24, 2.45) is 5.16 Å². The van der Waals surface area contributed by atoms with E-state index in [0.29, 0.717) is 23.2 Å². The van der Waals surface area contributed by atoms with E-state index in [2.05, 4.69) is 10.3 Å². The third-order valence-electron chi connectivity index (χ3n) is 4.30. The number of hydrogen-bond donors (Lipinski definition) is 0.